The Morgan fingerprint density at radius 2 is 1.77 bits per heavy atom. The first-order valence-electron chi connectivity index (χ1n) is 11.6. The smallest absolute Gasteiger partial charge is 0.326 e. The van der Waals surface area contributed by atoms with E-state index in [2.05, 4.69) is 15.6 Å². The largest absolute Gasteiger partial charge is 0.480 e. The number of carboxylic acids is 1. The Balaban J connectivity index is 3.02. The quantitative estimate of drug-likeness (QED) is 0.0748. The second-order valence-corrected chi connectivity index (χ2v) is 8.68. The molecule has 11 N–H and O–H groups in total. The Kier molecular flexibility index (Phi) is 11.9. The summed E-state index contributed by atoms with van der Waals surface area (Å²) in [6.07, 6.45) is 1.44. The number of aliphatic carboxylic acids is 1. The number of carbonyl (C=O) groups excluding carboxylic acids is 4. The predicted octanol–water partition coefficient (Wildman–Crippen LogP) is -2.67. The maximum atomic E-state index is 13.4. The molecule has 0 saturated carbocycles. The van der Waals surface area contributed by atoms with E-state index >= 15 is 0 Å². The molecule has 0 aromatic heterocycles. The molecule has 0 aliphatic carbocycles. The first-order chi connectivity index (χ1) is 16.4. The van der Waals surface area contributed by atoms with Crippen LogP contribution in [0.3, 0.4) is 0 Å². The summed E-state index contributed by atoms with van der Waals surface area (Å²) in [7, 11) is 0. The fourth-order valence-corrected chi connectivity index (χ4v) is 3.71. The molecule has 14 heteroatoms. The molecular weight excluding hydrogens is 460 g/mol. The average molecular weight is 499 g/mol. The van der Waals surface area contributed by atoms with Gasteiger partial charge in [0.2, 0.25) is 23.6 Å². The van der Waals surface area contributed by atoms with Gasteiger partial charge in [-0.05, 0) is 31.6 Å². The van der Waals surface area contributed by atoms with Crippen molar-refractivity contribution in [3.63, 3.8) is 0 Å². The minimum atomic E-state index is -1.51. The number of hydrogen-bond acceptors (Lipinski definition) is 7. The summed E-state index contributed by atoms with van der Waals surface area (Å²) < 4.78 is 0. The minimum Gasteiger partial charge on any atom is -0.480 e. The number of rotatable bonds is 14. The first-order valence-corrected chi connectivity index (χ1v) is 11.6. The molecule has 1 heterocycles. The molecule has 1 aliphatic heterocycles. The van der Waals surface area contributed by atoms with Gasteiger partial charge in [0.05, 0.1) is 12.5 Å². The van der Waals surface area contributed by atoms with E-state index in [1.807, 2.05) is 13.8 Å². The van der Waals surface area contributed by atoms with E-state index in [4.69, 9.17) is 22.9 Å². The summed E-state index contributed by atoms with van der Waals surface area (Å²) >= 11 is 0. The third-order valence-corrected chi connectivity index (χ3v) is 5.98. The van der Waals surface area contributed by atoms with Crippen LogP contribution in [0, 0.1) is 5.92 Å². The highest BCUT2D eigenvalue weighted by Crippen LogP contribution is 2.20. The molecule has 5 unspecified atom stereocenters. The summed E-state index contributed by atoms with van der Waals surface area (Å²) in [6, 6.07) is -4.28. The van der Waals surface area contributed by atoms with Crippen molar-refractivity contribution in [3.8, 4) is 0 Å². The number of nitrogens with two attached hydrogens (primary N) is 4. The van der Waals surface area contributed by atoms with Crippen LogP contribution in [0.4, 0.5) is 0 Å². The molecule has 35 heavy (non-hydrogen) atoms. The van der Waals surface area contributed by atoms with Crippen LogP contribution >= 0.6 is 0 Å². The number of nitrogens with zero attached hydrogens (tertiary/aromatic N) is 2. The van der Waals surface area contributed by atoms with Gasteiger partial charge in [-0.15, -0.1) is 0 Å². The molecule has 198 valence electrons. The number of carbonyl (C=O) groups is 5. The van der Waals surface area contributed by atoms with Gasteiger partial charge < -0.3 is 43.6 Å². The highest BCUT2D eigenvalue weighted by molar-refractivity contribution is 5.95. The van der Waals surface area contributed by atoms with Gasteiger partial charge in [-0.25, -0.2) is 4.79 Å². The molecule has 0 radical (unpaired) electrons. The molecule has 1 rings (SSSR count). The Hall–Kier alpha value is -3.42. The molecular formula is C21H38N8O6. The Morgan fingerprint density at radius 1 is 1.11 bits per heavy atom. The summed E-state index contributed by atoms with van der Waals surface area (Å²) in [4.78, 5) is 66.6. The molecule has 4 amide bonds. The number of guanidine groups is 1. The van der Waals surface area contributed by atoms with Crippen molar-refractivity contribution in [1.82, 2.24) is 15.5 Å². The molecule has 0 spiro atoms. The monoisotopic (exact) mass is 498 g/mol. The Labute approximate surface area is 204 Å². The van der Waals surface area contributed by atoms with Crippen LogP contribution in [0.5, 0.6) is 0 Å². The van der Waals surface area contributed by atoms with Gasteiger partial charge in [0.1, 0.15) is 18.1 Å². The van der Waals surface area contributed by atoms with Gasteiger partial charge in [-0.1, -0.05) is 20.3 Å². The van der Waals surface area contributed by atoms with Crippen molar-refractivity contribution in [2.45, 2.75) is 76.5 Å². The van der Waals surface area contributed by atoms with Gasteiger partial charge in [0.25, 0.3) is 0 Å². The topological polar surface area (TPSA) is 249 Å². The van der Waals surface area contributed by atoms with Crippen LogP contribution in [-0.2, 0) is 24.0 Å². The zero-order valence-corrected chi connectivity index (χ0v) is 20.2. The third-order valence-electron chi connectivity index (χ3n) is 5.98. The second kappa shape index (κ2) is 14.1. The molecule has 0 bridgehead atoms. The summed E-state index contributed by atoms with van der Waals surface area (Å²) in [5, 5.41) is 14.2. The van der Waals surface area contributed by atoms with E-state index < -0.39 is 60.2 Å². The zero-order chi connectivity index (χ0) is 26.7. The van der Waals surface area contributed by atoms with Gasteiger partial charge in [-0.3, -0.25) is 24.2 Å². The number of hydrogen-bond donors (Lipinski definition) is 7. The third kappa shape index (κ3) is 9.39. The van der Waals surface area contributed by atoms with Crippen LogP contribution in [0.15, 0.2) is 4.99 Å². The lowest BCUT2D eigenvalue weighted by Gasteiger charge is -2.30. The van der Waals surface area contributed by atoms with E-state index in [0.29, 0.717) is 25.7 Å². The van der Waals surface area contributed by atoms with E-state index in [-0.39, 0.29) is 31.4 Å². The van der Waals surface area contributed by atoms with Gasteiger partial charge in [-0.2, -0.15) is 0 Å². The molecule has 5 atom stereocenters. The average Bonchev–Trinajstić information content (AvgIpc) is 3.28. The summed E-state index contributed by atoms with van der Waals surface area (Å²) in [6.45, 7) is 4.19. The van der Waals surface area contributed by atoms with Crippen molar-refractivity contribution in [2.24, 2.45) is 33.8 Å². The lowest BCUT2D eigenvalue weighted by molar-refractivity contribution is -0.146. The maximum Gasteiger partial charge on any atom is 0.326 e. The number of amides is 4. The molecule has 1 saturated heterocycles. The van der Waals surface area contributed by atoms with Crippen LogP contribution in [0.25, 0.3) is 0 Å². The molecule has 0 aromatic rings. The fraction of sp³-hybridized carbons (Fsp3) is 0.714. The first kappa shape index (κ1) is 29.6. The number of nitrogens with one attached hydrogen (secondary N) is 2. The second-order valence-electron chi connectivity index (χ2n) is 8.68. The van der Waals surface area contributed by atoms with Crippen LogP contribution < -0.4 is 33.6 Å². The molecule has 1 fully saturated rings. The Bertz CT molecular complexity index is 816. The lowest BCUT2D eigenvalue weighted by atomic mass is 9.98. The molecule has 1 aliphatic rings. The van der Waals surface area contributed by atoms with E-state index in [1.165, 1.54) is 4.90 Å². The van der Waals surface area contributed by atoms with Crippen molar-refractivity contribution in [2.75, 3.05) is 13.1 Å². The number of carboxylic acid groups (broad SMARTS) is 1. The van der Waals surface area contributed by atoms with E-state index in [0.717, 1.165) is 0 Å². The van der Waals surface area contributed by atoms with Crippen molar-refractivity contribution >= 4 is 35.6 Å². The van der Waals surface area contributed by atoms with Crippen LogP contribution in [0.2, 0.25) is 0 Å². The van der Waals surface area contributed by atoms with Gasteiger partial charge in [0.15, 0.2) is 5.96 Å². The number of likely N-dealkylation sites (tertiary alicyclic amines) is 1. The lowest BCUT2D eigenvalue weighted by Crippen LogP contribution is -2.57. The normalized spacial score (nSPS) is 18.6. The van der Waals surface area contributed by atoms with Crippen molar-refractivity contribution in [1.29, 1.82) is 0 Å². The highest BCUT2D eigenvalue weighted by atomic mass is 16.4. The van der Waals surface area contributed by atoms with Gasteiger partial charge >= 0.3 is 5.97 Å². The molecule has 14 nitrogen and oxygen atoms in total. The number of aliphatic imine (C=N–C) groups is 1. The summed E-state index contributed by atoms with van der Waals surface area (Å²) in [5.41, 5.74) is 21.7. The fourth-order valence-electron chi connectivity index (χ4n) is 3.71. The summed E-state index contributed by atoms with van der Waals surface area (Å²) in [5.74, 6) is -4.24. The highest BCUT2D eigenvalue weighted by Gasteiger charge is 2.39. The van der Waals surface area contributed by atoms with E-state index in [1.54, 1.807) is 0 Å². The predicted molar refractivity (Wildman–Crippen MR) is 127 cm³/mol. The van der Waals surface area contributed by atoms with Crippen LogP contribution in [0.1, 0.15) is 52.4 Å². The van der Waals surface area contributed by atoms with E-state index in [9.17, 15) is 29.1 Å². The van der Waals surface area contributed by atoms with Crippen molar-refractivity contribution < 1.29 is 29.1 Å². The minimum absolute atomic E-state index is 0.101. The van der Waals surface area contributed by atoms with Gasteiger partial charge in [0, 0.05) is 13.1 Å². The maximum absolute atomic E-state index is 13.4. The Morgan fingerprint density at radius 3 is 2.31 bits per heavy atom. The van der Waals surface area contributed by atoms with Crippen molar-refractivity contribution in [3.05, 3.63) is 0 Å². The van der Waals surface area contributed by atoms with Crippen LogP contribution in [-0.4, -0.2) is 82.8 Å². The molecule has 0 aromatic carbocycles. The zero-order valence-electron chi connectivity index (χ0n) is 20.2. The number of primary amides is 1. The standard InChI is InChI=1S/C21H38N8O6/c1-3-11(2)16(23)18(32)27-12(6-4-8-26-21(24)25)19(33)29-9-5-7-14(29)17(31)28-13(20(34)35)10-15(22)30/h11-14,16H,3-10,23H2,1-2H3,(H2,22,30)(H,27,32)(H,28,31)(H,34,35)(H4,24,25,26). The SMILES string of the molecule is CCC(C)C(N)C(=O)NC(CCCN=C(N)N)C(=O)N1CCCC1C(=O)NC(CC(N)=O)C(=O)O.